The largest absolute Gasteiger partial charge is 0.0999 e. The van der Waals surface area contributed by atoms with Crippen LogP contribution >= 0.6 is 0 Å². The fourth-order valence-electron chi connectivity index (χ4n) is 2.25. The lowest BCUT2D eigenvalue weighted by Crippen LogP contribution is -1.97. The highest BCUT2D eigenvalue weighted by molar-refractivity contribution is 4.93. The van der Waals surface area contributed by atoms with E-state index in [1.807, 2.05) is 0 Å². The van der Waals surface area contributed by atoms with Crippen LogP contribution in [-0.2, 0) is 0 Å². The second-order valence-corrected chi connectivity index (χ2v) is 5.99. The van der Waals surface area contributed by atoms with Crippen LogP contribution in [0.1, 0.15) is 85.5 Å². The molecule has 2 unspecified atom stereocenters. The van der Waals surface area contributed by atoms with Crippen molar-refractivity contribution in [3.8, 4) is 0 Å². The lowest BCUT2D eigenvalue weighted by molar-refractivity contribution is 0.432. The highest BCUT2D eigenvalue weighted by Crippen LogP contribution is 2.19. The second kappa shape index (κ2) is 10.9. The van der Waals surface area contributed by atoms with Gasteiger partial charge in [0, 0.05) is 0 Å². The van der Waals surface area contributed by atoms with E-state index in [0.717, 1.165) is 11.8 Å². The molecule has 2 atom stereocenters. The van der Waals surface area contributed by atoms with E-state index in [2.05, 4.69) is 34.3 Å². The minimum absolute atomic E-state index is 0.719. The molecular formula is C17H34. The minimum Gasteiger partial charge on any atom is -0.0999 e. The Kier molecular flexibility index (Phi) is 10.7. The summed E-state index contributed by atoms with van der Waals surface area (Å²) in [6.07, 6.45) is 12.6. The molecule has 0 bridgehead atoms. The smallest absolute Gasteiger partial charge is 0.0237 e. The molecule has 0 heterocycles. The molecule has 0 nitrogen and oxygen atoms in total. The molecule has 0 fully saturated rings. The molecule has 0 radical (unpaired) electrons. The van der Waals surface area contributed by atoms with Gasteiger partial charge in [0.2, 0.25) is 0 Å². The molecule has 0 aromatic heterocycles. The monoisotopic (exact) mass is 238 g/mol. The molecule has 0 aliphatic heterocycles. The molecule has 0 aliphatic rings. The Morgan fingerprint density at radius 2 is 1.41 bits per heavy atom. The summed E-state index contributed by atoms with van der Waals surface area (Å²) >= 11 is 0. The van der Waals surface area contributed by atoms with Crippen molar-refractivity contribution in [3.05, 3.63) is 12.2 Å². The van der Waals surface area contributed by atoms with Gasteiger partial charge < -0.3 is 0 Å². The van der Waals surface area contributed by atoms with Crippen molar-refractivity contribution in [1.82, 2.24) is 0 Å². The summed E-state index contributed by atoms with van der Waals surface area (Å²) in [6, 6.07) is 0. The molecule has 0 spiro atoms. The van der Waals surface area contributed by atoms with Gasteiger partial charge in [-0.3, -0.25) is 0 Å². The van der Waals surface area contributed by atoms with E-state index in [0.29, 0.717) is 0 Å². The summed E-state index contributed by atoms with van der Waals surface area (Å²) < 4.78 is 0. The van der Waals surface area contributed by atoms with Crippen LogP contribution in [0.2, 0.25) is 0 Å². The maximum Gasteiger partial charge on any atom is -0.0237 e. The zero-order valence-corrected chi connectivity index (χ0v) is 12.7. The van der Waals surface area contributed by atoms with Gasteiger partial charge in [0.15, 0.2) is 0 Å². The van der Waals surface area contributed by atoms with E-state index in [-0.39, 0.29) is 0 Å². The van der Waals surface area contributed by atoms with Crippen molar-refractivity contribution >= 4 is 0 Å². The summed E-state index contributed by atoms with van der Waals surface area (Å²) in [5, 5.41) is 0. The molecule has 0 aliphatic carbocycles. The zero-order valence-electron chi connectivity index (χ0n) is 12.7. The molecule has 17 heavy (non-hydrogen) atoms. The molecule has 0 N–H and O–H groups in total. The Morgan fingerprint density at radius 3 is 1.94 bits per heavy atom. The van der Waals surface area contributed by atoms with Crippen LogP contribution in [0.25, 0.3) is 0 Å². The maximum atomic E-state index is 4.02. The average Bonchev–Trinajstić information content (AvgIpc) is 2.28. The molecule has 0 aromatic carbocycles. The Labute approximate surface area is 110 Å². The molecule has 0 saturated heterocycles. The van der Waals surface area contributed by atoms with Crippen molar-refractivity contribution < 1.29 is 0 Å². The Bertz CT molecular complexity index is 180. The normalized spacial score (nSPS) is 14.6. The van der Waals surface area contributed by atoms with Gasteiger partial charge in [0.05, 0.1) is 0 Å². The number of hydrogen-bond donors (Lipinski definition) is 0. The third-order valence-electron chi connectivity index (χ3n) is 3.98. The molecule has 0 heteroatoms. The van der Waals surface area contributed by atoms with Gasteiger partial charge in [-0.2, -0.15) is 0 Å². The summed E-state index contributed by atoms with van der Waals surface area (Å²) in [7, 11) is 0. The number of allylic oxidation sites excluding steroid dienone is 1. The first-order chi connectivity index (χ1) is 8.07. The number of rotatable bonds is 11. The van der Waals surface area contributed by atoms with Gasteiger partial charge >= 0.3 is 0 Å². The lowest BCUT2D eigenvalue weighted by Gasteiger charge is -2.12. The SMILES string of the molecule is C=C(C)C(C)CCCCCC(C)CCCCC. The summed E-state index contributed by atoms with van der Waals surface area (Å²) in [5.74, 6) is 1.66. The van der Waals surface area contributed by atoms with Gasteiger partial charge in [0.1, 0.15) is 0 Å². The highest BCUT2D eigenvalue weighted by Gasteiger charge is 2.04. The third-order valence-corrected chi connectivity index (χ3v) is 3.98. The van der Waals surface area contributed by atoms with Crippen molar-refractivity contribution in [2.45, 2.75) is 85.5 Å². The second-order valence-electron chi connectivity index (χ2n) is 5.99. The number of hydrogen-bond acceptors (Lipinski definition) is 0. The van der Waals surface area contributed by atoms with E-state index in [4.69, 9.17) is 0 Å². The molecule has 0 rings (SSSR count). The zero-order chi connectivity index (χ0) is 13.1. The van der Waals surface area contributed by atoms with Gasteiger partial charge in [0.25, 0.3) is 0 Å². The van der Waals surface area contributed by atoms with Gasteiger partial charge in [-0.05, 0) is 25.2 Å². The van der Waals surface area contributed by atoms with Crippen LogP contribution in [0.3, 0.4) is 0 Å². The lowest BCUT2D eigenvalue weighted by atomic mass is 9.94. The van der Waals surface area contributed by atoms with E-state index >= 15 is 0 Å². The van der Waals surface area contributed by atoms with Gasteiger partial charge in [-0.15, -0.1) is 0 Å². The van der Waals surface area contributed by atoms with Crippen LogP contribution in [0.5, 0.6) is 0 Å². The standard InChI is InChI=1S/C17H34/c1-6-7-9-12-16(4)13-10-8-11-14-17(5)15(2)3/h16-17H,2,6-14H2,1,3-5H3. The molecule has 102 valence electrons. The molecule has 0 saturated carbocycles. The molecule has 0 amide bonds. The van der Waals surface area contributed by atoms with Crippen LogP contribution in [-0.4, -0.2) is 0 Å². The predicted octanol–water partition coefficient (Wildman–Crippen LogP) is 6.37. The summed E-state index contributed by atoms with van der Waals surface area (Å²) in [4.78, 5) is 0. The van der Waals surface area contributed by atoms with Crippen LogP contribution in [0.4, 0.5) is 0 Å². The third kappa shape index (κ3) is 10.6. The topological polar surface area (TPSA) is 0 Å². The van der Waals surface area contributed by atoms with Crippen LogP contribution in [0.15, 0.2) is 12.2 Å². The quantitative estimate of drug-likeness (QED) is 0.290. The maximum absolute atomic E-state index is 4.02. The van der Waals surface area contributed by atoms with Crippen LogP contribution in [0, 0.1) is 11.8 Å². The first kappa shape index (κ1) is 16.7. The van der Waals surface area contributed by atoms with Gasteiger partial charge in [-0.25, -0.2) is 0 Å². The fraction of sp³-hybridized carbons (Fsp3) is 0.882. The van der Waals surface area contributed by atoms with Crippen molar-refractivity contribution in [2.24, 2.45) is 11.8 Å². The fourth-order valence-corrected chi connectivity index (χ4v) is 2.25. The summed E-state index contributed by atoms with van der Waals surface area (Å²) in [5.41, 5.74) is 1.35. The van der Waals surface area contributed by atoms with E-state index in [1.165, 1.54) is 63.4 Å². The first-order valence-electron chi connectivity index (χ1n) is 7.73. The van der Waals surface area contributed by atoms with Crippen molar-refractivity contribution in [1.29, 1.82) is 0 Å². The van der Waals surface area contributed by atoms with Crippen molar-refractivity contribution in [2.75, 3.05) is 0 Å². The Morgan fingerprint density at radius 1 is 0.882 bits per heavy atom. The predicted molar refractivity (Wildman–Crippen MR) is 80.4 cm³/mol. The van der Waals surface area contributed by atoms with E-state index < -0.39 is 0 Å². The molecule has 0 aromatic rings. The Balaban J connectivity index is 3.30. The van der Waals surface area contributed by atoms with Crippen LogP contribution < -0.4 is 0 Å². The first-order valence-corrected chi connectivity index (χ1v) is 7.73. The molecular weight excluding hydrogens is 204 g/mol. The number of unbranched alkanes of at least 4 members (excludes halogenated alkanes) is 4. The van der Waals surface area contributed by atoms with Gasteiger partial charge in [-0.1, -0.05) is 84.3 Å². The Hall–Kier alpha value is -0.260. The minimum atomic E-state index is 0.719. The average molecular weight is 238 g/mol. The van der Waals surface area contributed by atoms with E-state index in [9.17, 15) is 0 Å². The summed E-state index contributed by atoms with van der Waals surface area (Å²) in [6.45, 7) is 13.2. The van der Waals surface area contributed by atoms with E-state index in [1.54, 1.807) is 0 Å². The van der Waals surface area contributed by atoms with Crippen molar-refractivity contribution in [3.63, 3.8) is 0 Å². The highest BCUT2D eigenvalue weighted by atomic mass is 14.1.